The lowest BCUT2D eigenvalue weighted by Crippen LogP contribution is -2.01. The van der Waals surface area contributed by atoms with Crippen molar-refractivity contribution < 1.29 is 13.6 Å². The van der Waals surface area contributed by atoms with Crippen LogP contribution in [-0.2, 0) is 0 Å². The first kappa shape index (κ1) is 9.93. The van der Waals surface area contributed by atoms with Gasteiger partial charge in [0.15, 0.2) is 5.78 Å². The van der Waals surface area contributed by atoms with Crippen molar-refractivity contribution >= 4 is 17.4 Å². The smallest absolute Gasteiger partial charge is 0.197 e. The number of halogens is 2. The van der Waals surface area contributed by atoms with Gasteiger partial charge in [0.1, 0.15) is 12.1 Å². The first-order valence-corrected chi connectivity index (χ1v) is 4.59. The SMILES string of the molecule is O=C(c1ccoc1)c1cccc(F)c1Cl. The summed E-state index contributed by atoms with van der Waals surface area (Å²) in [4.78, 5) is 11.8. The molecule has 15 heavy (non-hydrogen) atoms. The van der Waals surface area contributed by atoms with E-state index < -0.39 is 5.82 Å². The summed E-state index contributed by atoms with van der Waals surface area (Å²) in [5.41, 5.74) is 0.487. The highest BCUT2D eigenvalue weighted by molar-refractivity contribution is 6.35. The molecule has 0 amide bonds. The quantitative estimate of drug-likeness (QED) is 0.733. The minimum Gasteiger partial charge on any atom is -0.472 e. The van der Waals surface area contributed by atoms with E-state index in [4.69, 9.17) is 16.0 Å². The average molecular weight is 225 g/mol. The zero-order valence-electron chi connectivity index (χ0n) is 7.54. The first-order valence-electron chi connectivity index (χ1n) is 4.21. The molecule has 2 rings (SSSR count). The van der Waals surface area contributed by atoms with E-state index in [2.05, 4.69) is 0 Å². The van der Waals surface area contributed by atoms with Crippen molar-refractivity contribution in [3.8, 4) is 0 Å². The summed E-state index contributed by atoms with van der Waals surface area (Å²) in [5, 5.41) is -0.163. The van der Waals surface area contributed by atoms with Crippen molar-refractivity contribution in [1.82, 2.24) is 0 Å². The first-order chi connectivity index (χ1) is 7.20. The lowest BCUT2D eigenvalue weighted by molar-refractivity contribution is 0.103. The molecule has 76 valence electrons. The fourth-order valence-electron chi connectivity index (χ4n) is 1.23. The van der Waals surface area contributed by atoms with Gasteiger partial charge in [0.25, 0.3) is 0 Å². The van der Waals surface area contributed by atoms with Crippen LogP contribution in [-0.4, -0.2) is 5.78 Å². The molecule has 2 nitrogen and oxygen atoms in total. The van der Waals surface area contributed by atoms with Crippen LogP contribution in [0.5, 0.6) is 0 Å². The van der Waals surface area contributed by atoms with Crippen molar-refractivity contribution in [1.29, 1.82) is 0 Å². The van der Waals surface area contributed by atoms with Gasteiger partial charge in [-0.25, -0.2) is 4.39 Å². The lowest BCUT2D eigenvalue weighted by atomic mass is 10.1. The van der Waals surface area contributed by atoms with Crippen LogP contribution in [0.3, 0.4) is 0 Å². The van der Waals surface area contributed by atoms with E-state index in [9.17, 15) is 9.18 Å². The van der Waals surface area contributed by atoms with Gasteiger partial charge < -0.3 is 4.42 Å². The summed E-state index contributed by atoms with van der Waals surface area (Å²) in [6, 6.07) is 5.62. The molecule has 4 heteroatoms. The van der Waals surface area contributed by atoms with E-state index in [1.807, 2.05) is 0 Å². The number of carbonyl (C=O) groups excluding carboxylic acids is 1. The second kappa shape index (κ2) is 3.87. The van der Waals surface area contributed by atoms with Crippen LogP contribution < -0.4 is 0 Å². The molecule has 2 aromatic rings. The van der Waals surface area contributed by atoms with E-state index in [0.717, 1.165) is 0 Å². The van der Waals surface area contributed by atoms with Gasteiger partial charge in [-0.05, 0) is 18.2 Å². The Morgan fingerprint density at radius 1 is 1.33 bits per heavy atom. The van der Waals surface area contributed by atoms with Gasteiger partial charge in [-0.2, -0.15) is 0 Å². The van der Waals surface area contributed by atoms with Gasteiger partial charge in [-0.1, -0.05) is 17.7 Å². The number of hydrogen-bond donors (Lipinski definition) is 0. The van der Waals surface area contributed by atoms with Gasteiger partial charge >= 0.3 is 0 Å². The van der Waals surface area contributed by atoms with Crippen LogP contribution >= 0.6 is 11.6 Å². The summed E-state index contributed by atoms with van der Waals surface area (Å²) in [7, 11) is 0. The molecule has 0 spiro atoms. The van der Waals surface area contributed by atoms with Gasteiger partial charge in [0.2, 0.25) is 0 Å². The van der Waals surface area contributed by atoms with Crippen LogP contribution in [0, 0.1) is 5.82 Å². The molecule has 0 bridgehead atoms. The Morgan fingerprint density at radius 2 is 2.13 bits per heavy atom. The maximum absolute atomic E-state index is 13.1. The molecule has 1 aromatic heterocycles. The predicted molar refractivity (Wildman–Crippen MR) is 53.6 cm³/mol. The average Bonchev–Trinajstić information content (AvgIpc) is 2.74. The summed E-state index contributed by atoms with van der Waals surface area (Å²) >= 11 is 5.68. The molecule has 0 aliphatic carbocycles. The number of ketones is 1. The summed E-state index contributed by atoms with van der Waals surface area (Å²) < 4.78 is 17.8. The third-order valence-electron chi connectivity index (χ3n) is 1.98. The lowest BCUT2D eigenvalue weighted by Gasteiger charge is -2.01. The number of carbonyl (C=O) groups is 1. The van der Waals surface area contributed by atoms with E-state index in [-0.39, 0.29) is 16.4 Å². The molecule has 1 aromatic carbocycles. The second-order valence-electron chi connectivity index (χ2n) is 2.94. The Hall–Kier alpha value is -1.61. The van der Waals surface area contributed by atoms with Gasteiger partial charge in [-0.15, -0.1) is 0 Å². The zero-order chi connectivity index (χ0) is 10.8. The van der Waals surface area contributed by atoms with Crippen molar-refractivity contribution in [3.63, 3.8) is 0 Å². The standard InChI is InChI=1S/C11H6ClFO2/c12-10-8(2-1-3-9(10)13)11(14)7-4-5-15-6-7/h1-6H. The molecule has 1 heterocycles. The van der Waals surface area contributed by atoms with Gasteiger partial charge in [-0.3, -0.25) is 4.79 Å². The Bertz CT molecular complexity index is 491. The molecule has 0 radical (unpaired) electrons. The Morgan fingerprint density at radius 3 is 2.80 bits per heavy atom. The van der Waals surface area contributed by atoms with Gasteiger partial charge in [0.05, 0.1) is 16.8 Å². The van der Waals surface area contributed by atoms with Crippen molar-refractivity contribution in [2.75, 3.05) is 0 Å². The third-order valence-corrected chi connectivity index (χ3v) is 2.36. The number of rotatable bonds is 2. The minimum absolute atomic E-state index is 0.137. The van der Waals surface area contributed by atoms with Crippen molar-refractivity contribution in [2.24, 2.45) is 0 Å². The normalized spacial score (nSPS) is 10.3. The molecule has 0 aliphatic rings. The predicted octanol–water partition coefficient (Wildman–Crippen LogP) is 3.30. The molecule has 0 atom stereocenters. The Kier molecular flexibility index (Phi) is 2.56. The highest BCUT2D eigenvalue weighted by atomic mass is 35.5. The summed E-state index contributed by atoms with van der Waals surface area (Å²) in [6.07, 6.45) is 2.67. The highest BCUT2D eigenvalue weighted by Gasteiger charge is 2.15. The van der Waals surface area contributed by atoms with Crippen molar-refractivity contribution in [2.45, 2.75) is 0 Å². The monoisotopic (exact) mass is 224 g/mol. The summed E-state index contributed by atoms with van der Waals surface area (Å²) in [6.45, 7) is 0. The maximum atomic E-state index is 13.1. The van der Waals surface area contributed by atoms with Gasteiger partial charge in [0, 0.05) is 5.56 Å². The van der Waals surface area contributed by atoms with E-state index in [1.54, 1.807) is 0 Å². The van der Waals surface area contributed by atoms with Crippen LogP contribution in [0.25, 0.3) is 0 Å². The van der Waals surface area contributed by atoms with Crippen LogP contribution in [0.15, 0.2) is 41.2 Å². The molecular weight excluding hydrogens is 219 g/mol. The highest BCUT2D eigenvalue weighted by Crippen LogP contribution is 2.22. The molecule has 0 saturated carbocycles. The molecular formula is C11H6ClFO2. The fraction of sp³-hybridized carbons (Fsp3) is 0. The van der Waals surface area contributed by atoms with Crippen LogP contribution in [0.2, 0.25) is 5.02 Å². The van der Waals surface area contributed by atoms with E-state index >= 15 is 0 Å². The largest absolute Gasteiger partial charge is 0.472 e. The molecule has 0 fully saturated rings. The van der Waals surface area contributed by atoms with E-state index in [1.165, 1.54) is 36.8 Å². The second-order valence-corrected chi connectivity index (χ2v) is 3.32. The molecule has 0 saturated heterocycles. The fourth-order valence-corrected chi connectivity index (χ4v) is 1.44. The maximum Gasteiger partial charge on any atom is 0.197 e. The van der Waals surface area contributed by atoms with E-state index in [0.29, 0.717) is 5.56 Å². The molecule has 0 unspecified atom stereocenters. The topological polar surface area (TPSA) is 30.2 Å². The van der Waals surface area contributed by atoms with Crippen LogP contribution in [0.4, 0.5) is 4.39 Å². The summed E-state index contributed by atoms with van der Waals surface area (Å²) in [5.74, 6) is -0.959. The Labute approximate surface area is 90.3 Å². The van der Waals surface area contributed by atoms with Crippen molar-refractivity contribution in [3.05, 3.63) is 58.8 Å². The number of hydrogen-bond acceptors (Lipinski definition) is 2. The van der Waals surface area contributed by atoms with Crippen LogP contribution in [0.1, 0.15) is 15.9 Å². The zero-order valence-corrected chi connectivity index (χ0v) is 8.29. The number of furan rings is 1. The molecule has 0 N–H and O–H groups in total. The number of benzene rings is 1. The minimum atomic E-state index is -0.606. The Balaban J connectivity index is 2.47. The molecule has 0 aliphatic heterocycles. The third kappa shape index (κ3) is 1.78.